The molecule has 3 N–H and O–H groups in total. The first-order chi connectivity index (χ1) is 12.0. The lowest BCUT2D eigenvalue weighted by Gasteiger charge is -2.22. The van der Waals surface area contributed by atoms with Crippen LogP contribution < -0.4 is 10.6 Å². The lowest BCUT2D eigenvalue weighted by atomic mass is 10.0. The summed E-state index contributed by atoms with van der Waals surface area (Å²) in [6.45, 7) is 10.7. The number of amides is 1. The molecule has 3 heterocycles. The molecule has 0 saturated heterocycles. The van der Waals surface area contributed by atoms with Crippen molar-refractivity contribution in [2.75, 3.05) is 13.1 Å². The van der Waals surface area contributed by atoms with Gasteiger partial charge in [0.1, 0.15) is 5.82 Å². The van der Waals surface area contributed by atoms with Crippen LogP contribution in [-0.2, 0) is 24.2 Å². The van der Waals surface area contributed by atoms with Gasteiger partial charge in [-0.1, -0.05) is 13.8 Å². The Balaban J connectivity index is 1.78. The van der Waals surface area contributed by atoms with Crippen LogP contribution >= 0.6 is 0 Å². The number of fused-ring (bicyclic) bond motifs is 1. The van der Waals surface area contributed by atoms with Gasteiger partial charge in [-0.25, -0.2) is 0 Å². The average Bonchev–Trinajstić information content (AvgIpc) is 3.00. The first-order valence-electron chi connectivity index (χ1n) is 8.90. The Bertz CT molecular complexity index is 727. The molecule has 2 aromatic heterocycles. The van der Waals surface area contributed by atoms with E-state index in [0.717, 1.165) is 54.7 Å². The maximum atomic E-state index is 12.6. The summed E-state index contributed by atoms with van der Waals surface area (Å²) in [7, 11) is 0. The molecule has 1 atom stereocenters. The van der Waals surface area contributed by atoms with E-state index in [0.29, 0.717) is 6.42 Å². The van der Waals surface area contributed by atoms with E-state index in [-0.39, 0.29) is 17.9 Å². The normalized spacial score (nSPS) is 15.7. The fourth-order valence-electron chi connectivity index (χ4n) is 3.27. The Labute approximate surface area is 147 Å². The lowest BCUT2D eigenvalue weighted by molar-refractivity contribution is -0.121. The van der Waals surface area contributed by atoms with E-state index in [4.69, 9.17) is 0 Å². The minimum absolute atomic E-state index is 0.0182. The first kappa shape index (κ1) is 17.6. The zero-order valence-electron chi connectivity index (χ0n) is 15.4. The van der Waals surface area contributed by atoms with Gasteiger partial charge in [0.05, 0.1) is 18.2 Å². The van der Waals surface area contributed by atoms with Crippen LogP contribution in [0.5, 0.6) is 0 Å². The number of aromatic nitrogens is 5. The van der Waals surface area contributed by atoms with Crippen LogP contribution in [0.4, 0.5) is 0 Å². The Hall–Kier alpha value is -2.22. The van der Waals surface area contributed by atoms with E-state index in [1.54, 1.807) is 0 Å². The summed E-state index contributed by atoms with van der Waals surface area (Å²) in [5.74, 6) is 2.04. The second kappa shape index (κ2) is 7.35. The van der Waals surface area contributed by atoms with Crippen LogP contribution in [0.3, 0.4) is 0 Å². The van der Waals surface area contributed by atoms with Crippen molar-refractivity contribution < 1.29 is 4.79 Å². The number of carbonyl (C=O) groups excluding carboxylic acids is 1. The van der Waals surface area contributed by atoms with Crippen LogP contribution in [0, 0.1) is 19.8 Å². The van der Waals surface area contributed by atoms with Gasteiger partial charge in [0.15, 0.2) is 5.82 Å². The third-order valence-corrected chi connectivity index (χ3v) is 4.77. The van der Waals surface area contributed by atoms with Crippen molar-refractivity contribution in [2.45, 2.75) is 53.1 Å². The molecule has 25 heavy (non-hydrogen) atoms. The Morgan fingerprint density at radius 3 is 2.76 bits per heavy atom. The third kappa shape index (κ3) is 3.73. The number of aromatic amines is 1. The predicted octanol–water partition coefficient (Wildman–Crippen LogP) is 0.820. The number of nitrogens with one attached hydrogen (secondary N) is 3. The zero-order valence-corrected chi connectivity index (χ0v) is 15.4. The van der Waals surface area contributed by atoms with E-state index in [9.17, 15) is 4.79 Å². The Morgan fingerprint density at radius 1 is 1.28 bits per heavy atom. The molecule has 0 saturated carbocycles. The molecule has 0 radical (unpaired) electrons. The highest BCUT2D eigenvalue weighted by Gasteiger charge is 2.26. The van der Waals surface area contributed by atoms with Gasteiger partial charge in [0.2, 0.25) is 5.91 Å². The average molecular weight is 345 g/mol. The van der Waals surface area contributed by atoms with Crippen LogP contribution in [-0.4, -0.2) is 44.0 Å². The minimum atomic E-state index is -0.153. The minimum Gasteiger partial charge on any atom is -0.346 e. The summed E-state index contributed by atoms with van der Waals surface area (Å²) in [6.07, 6.45) is 1.18. The van der Waals surface area contributed by atoms with Gasteiger partial charge in [0, 0.05) is 37.3 Å². The molecule has 0 fully saturated rings. The maximum absolute atomic E-state index is 12.6. The van der Waals surface area contributed by atoms with Crippen molar-refractivity contribution in [3.8, 4) is 0 Å². The molecule has 0 bridgehead atoms. The lowest BCUT2D eigenvalue weighted by Crippen LogP contribution is -2.35. The molecule has 136 valence electrons. The number of hydrogen-bond acceptors (Lipinski definition) is 5. The van der Waals surface area contributed by atoms with Crippen LogP contribution in [0.1, 0.15) is 48.5 Å². The summed E-state index contributed by atoms with van der Waals surface area (Å²) in [4.78, 5) is 12.6. The van der Waals surface area contributed by atoms with E-state index in [2.05, 4.69) is 49.4 Å². The Kier molecular flexibility index (Phi) is 5.17. The van der Waals surface area contributed by atoms with Crippen molar-refractivity contribution in [3.05, 3.63) is 28.6 Å². The molecule has 0 unspecified atom stereocenters. The molecule has 1 aliphatic heterocycles. The molecule has 1 aliphatic rings. The Morgan fingerprint density at radius 2 is 2.08 bits per heavy atom. The van der Waals surface area contributed by atoms with E-state index < -0.39 is 0 Å². The van der Waals surface area contributed by atoms with Crippen LogP contribution in [0.2, 0.25) is 0 Å². The molecule has 0 aromatic carbocycles. The molecule has 0 aliphatic carbocycles. The van der Waals surface area contributed by atoms with Gasteiger partial charge in [-0.05, 0) is 19.8 Å². The second-order valence-corrected chi connectivity index (χ2v) is 7.00. The highest BCUT2D eigenvalue weighted by molar-refractivity contribution is 5.79. The van der Waals surface area contributed by atoms with Crippen LogP contribution in [0.15, 0.2) is 0 Å². The van der Waals surface area contributed by atoms with Gasteiger partial charge < -0.3 is 15.2 Å². The maximum Gasteiger partial charge on any atom is 0.225 e. The quantitative estimate of drug-likeness (QED) is 0.745. The summed E-state index contributed by atoms with van der Waals surface area (Å²) in [5, 5.41) is 22.4. The van der Waals surface area contributed by atoms with Crippen molar-refractivity contribution in [1.29, 1.82) is 0 Å². The number of H-pyrrole nitrogens is 1. The summed E-state index contributed by atoms with van der Waals surface area (Å²) in [6, 6.07) is -0.153. The second-order valence-electron chi connectivity index (χ2n) is 7.00. The molecular weight excluding hydrogens is 318 g/mol. The highest BCUT2D eigenvalue weighted by atomic mass is 16.1. The standard InChI is InChI=1S/C17H27N7O/c1-10(2)16(17-23-22-14-5-6-18-7-8-24(14)17)19-15(25)9-13-11(3)20-21-12(13)4/h10,16,18H,5-9H2,1-4H3,(H,19,25)(H,20,21)/t16-/m0/s1. The molecular formula is C17H27N7O. The van der Waals surface area contributed by atoms with E-state index in [1.807, 2.05) is 13.8 Å². The van der Waals surface area contributed by atoms with E-state index >= 15 is 0 Å². The van der Waals surface area contributed by atoms with Gasteiger partial charge in [-0.3, -0.25) is 9.89 Å². The van der Waals surface area contributed by atoms with Gasteiger partial charge in [-0.15, -0.1) is 10.2 Å². The fourth-order valence-corrected chi connectivity index (χ4v) is 3.27. The molecule has 2 aromatic rings. The third-order valence-electron chi connectivity index (χ3n) is 4.77. The zero-order chi connectivity index (χ0) is 18.0. The number of nitrogens with zero attached hydrogens (tertiary/aromatic N) is 4. The smallest absolute Gasteiger partial charge is 0.225 e. The summed E-state index contributed by atoms with van der Waals surface area (Å²) >= 11 is 0. The van der Waals surface area contributed by atoms with Crippen LogP contribution in [0.25, 0.3) is 0 Å². The molecule has 8 nitrogen and oxygen atoms in total. The molecule has 8 heteroatoms. The van der Waals surface area contributed by atoms with Gasteiger partial charge in [-0.2, -0.15) is 5.10 Å². The van der Waals surface area contributed by atoms with E-state index in [1.165, 1.54) is 0 Å². The highest BCUT2D eigenvalue weighted by Crippen LogP contribution is 2.22. The van der Waals surface area contributed by atoms with Crippen molar-refractivity contribution >= 4 is 5.91 Å². The largest absolute Gasteiger partial charge is 0.346 e. The van der Waals surface area contributed by atoms with Crippen molar-refractivity contribution in [3.63, 3.8) is 0 Å². The monoisotopic (exact) mass is 345 g/mol. The number of hydrogen-bond donors (Lipinski definition) is 3. The number of rotatable bonds is 5. The predicted molar refractivity (Wildman–Crippen MR) is 94.1 cm³/mol. The summed E-state index contributed by atoms with van der Waals surface area (Å²) in [5.41, 5.74) is 2.77. The fraction of sp³-hybridized carbons (Fsp3) is 0.647. The first-order valence-corrected chi connectivity index (χ1v) is 8.90. The number of carbonyl (C=O) groups is 1. The summed E-state index contributed by atoms with van der Waals surface area (Å²) < 4.78 is 2.15. The number of aryl methyl sites for hydroxylation is 2. The molecule has 0 spiro atoms. The van der Waals surface area contributed by atoms with Gasteiger partial charge in [0.25, 0.3) is 0 Å². The SMILES string of the molecule is Cc1n[nH]c(C)c1CC(=O)N[C@H](c1nnc2n1CCNCC2)C(C)C. The van der Waals surface area contributed by atoms with Crippen molar-refractivity contribution in [2.24, 2.45) is 5.92 Å². The molecule has 3 rings (SSSR count). The molecule has 1 amide bonds. The van der Waals surface area contributed by atoms with Gasteiger partial charge >= 0.3 is 0 Å². The van der Waals surface area contributed by atoms with Crippen molar-refractivity contribution in [1.82, 2.24) is 35.6 Å². The topological polar surface area (TPSA) is 101 Å².